The molecule has 1 aliphatic rings. The quantitative estimate of drug-likeness (QED) is 0.620. The maximum absolute atomic E-state index is 12.5. The number of aromatic nitrogens is 1. The highest BCUT2D eigenvalue weighted by atomic mass is 16.5. The lowest BCUT2D eigenvalue weighted by Crippen LogP contribution is -2.38. The standard InChI is InChI=1S/C21H27N3O4/c1-24(14-15-7-3-2-4-8-15)19(25)11-17-20(26)21(27)18(28-17)13-22-12-16-9-5-6-10-23-16/h2-10,17-18,20-22,26-27H,11-14H2,1H3/t17-,18+,20-,21+/m0/s1. The lowest BCUT2D eigenvalue weighted by molar-refractivity contribution is -0.134. The highest BCUT2D eigenvalue weighted by Gasteiger charge is 2.43. The van der Waals surface area contributed by atoms with E-state index in [1.807, 2.05) is 48.5 Å². The molecule has 1 amide bonds. The number of hydrogen-bond acceptors (Lipinski definition) is 6. The number of pyridine rings is 1. The molecule has 0 saturated carbocycles. The third kappa shape index (κ3) is 5.36. The van der Waals surface area contributed by atoms with Gasteiger partial charge in [-0.05, 0) is 17.7 Å². The van der Waals surface area contributed by atoms with Gasteiger partial charge >= 0.3 is 0 Å². The van der Waals surface area contributed by atoms with Crippen molar-refractivity contribution < 1.29 is 19.7 Å². The number of nitrogens with one attached hydrogen (secondary N) is 1. The molecule has 3 N–H and O–H groups in total. The average Bonchev–Trinajstić information content (AvgIpc) is 2.97. The number of carbonyl (C=O) groups excluding carboxylic acids is 1. The van der Waals surface area contributed by atoms with Crippen LogP contribution in [0.25, 0.3) is 0 Å². The lowest BCUT2D eigenvalue weighted by atomic mass is 10.0. The van der Waals surface area contributed by atoms with Crippen molar-refractivity contribution in [2.75, 3.05) is 13.6 Å². The topological polar surface area (TPSA) is 94.9 Å². The molecule has 3 rings (SSSR count). The monoisotopic (exact) mass is 385 g/mol. The first-order valence-electron chi connectivity index (χ1n) is 9.44. The molecule has 2 heterocycles. The molecule has 0 bridgehead atoms. The zero-order valence-electron chi connectivity index (χ0n) is 15.9. The maximum Gasteiger partial charge on any atom is 0.225 e. The van der Waals surface area contributed by atoms with Gasteiger partial charge in [0.1, 0.15) is 12.2 Å². The van der Waals surface area contributed by atoms with E-state index in [0.717, 1.165) is 11.3 Å². The van der Waals surface area contributed by atoms with Crippen molar-refractivity contribution in [1.82, 2.24) is 15.2 Å². The molecule has 1 aromatic carbocycles. The zero-order chi connectivity index (χ0) is 19.9. The van der Waals surface area contributed by atoms with E-state index >= 15 is 0 Å². The molecule has 2 aromatic rings. The van der Waals surface area contributed by atoms with Crippen molar-refractivity contribution in [2.45, 2.75) is 43.9 Å². The molecule has 1 aromatic heterocycles. The molecule has 7 nitrogen and oxygen atoms in total. The van der Waals surface area contributed by atoms with Crippen molar-refractivity contribution in [2.24, 2.45) is 0 Å². The first-order valence-corrected chi connectivity index (χ1v) is 9.44. The number of ether oxygens (including phenoxy) is 1. The van der Waals surface area contributed by atoms with Crippen LogP contribution in [0, 0.1) is 0 Å². The van der Waals surface area contributed by atoms with Gasteiger partial charge in [-0.3, -0.25) is 9.78 Å². The van der Waals surface area contributed by atoms with Gasteiger partial charge in [0.25, 0.3) is 0 Å². The molecule has 1 aliphatic heterocycles. The molecule has 4 atom stereocenters. The first kappa shape index (κ1) is 20.4. The van der Waals surface area contributed by atoms with E-state index in [4.69, 9.17) is 4.74 Å². The van der Waals surface area contributed by atoms with Crippen LogP contribution in [0.3, 0.4) is 0 Å². The number of benzene rings is 1. The second kappa shape index (κ2) is 9.75. The number of aliphatic hydroxyl groups excluding tert-OH is 2. The Morgan fingerprint density at radius 2 is 1.82 bits per heavy atom. The SMILES string of the molecule is CN(Cc1ccccc1)C(=O)C[C@@H]1O[C@H](CNCc2ccccn2)[C@@H](O)[C@H]1O. The Morgan fingerprint density at radius 1 is 1.11 bits per heavy atom. The summed E-state index contributed by atoms with van der Waals surface area (Å²) < 4.78 is 5.76. The van der Waals surface area contributed by atoms with E-state index in [-0.39, 0.29) is 12.3 Å². The molecule has 28 heavy (non-hydrogen) atoms. The minimum atomic E-state index is -1.09. The smallest absolute Gasteiger partial charge is 0.225 e. The Morgan fingerprint density at radius 3 is 2.54 bits per heavy atom. The summed E-state index contributed by atoms with van der Waals surface area (Å²) in [6.07, 6.45) is -1.67. The third-order valence-corrected chi connectivity index (χ3v) is 4.90. The molecule has 1 saturated heterocycles. The van der Waals surface area contributed by atoms with Gasteiger partial charge in [0.05, 0.1) is 24.3 Å². The predicted octanol–water partition coefficient (Wildman–Crippen LogP) is 0.709. The summed E-state index contributed by atoms with van der Waals surface area (Å²) in [7, 11) is 1.72. The van der Waals surface area contributed by atoms with Crippen molar-refractivity contribution in [3.63, 3.8) is 0 Å². The number of amides is 1. The van der Waals surface area contributed by atoms with Crippen LogP contribution in [-0.2, 0) is 22.6 Å². The largest absolute Gasteiger partial charge is 0.388 e. The van der Waals surface area contributed by atoms with E-state index in [9.17, 15) is 15.0 Å². The van der Waals surface area contributed by atoms with Crippen molar-refractivity contribution >= 4 is 5.91 Å². The first-order chi connectivity index (χ1) is 13.5. The molecular formula is C21H27N3O4. The van der Waals surface area contributed by atoms with Gasteiger partial charge in [-0.2, -0.15) is 0 Å². The van der Waals surface area contributed by atoms with E-state index in [1.54, 1.807) is 18.1 Å². The fraction of sp³-hybridized carbons (Fsp3) is 0.429. The Kier molecular flexibility index (Phi) is 7.11. The Labute approximate surface area is 165 Å². The van der Waals surface area contributed by atoms with Crippen LogP contribution in [-0.4, -0.2) is 64.0 Å². The van der Waals surface area contributed by atoms with E-state index < -0.39 is 24.4 Å². The number of hydrogen-bond donors (Lipinski definition) is 3. The van der Waals surface area contributed by atoms with Gasteiger partial charge in [-0.25, -0.2) is 0 Å². The van der Waals surface area contributed by atoms with Crippen LogP contribution in [0.2, 0.25) is 0 Å². The number of aliphatic hydroxyl groups is 2. The summed E-state index contributed by atoms with van der Waals surface area (Å²) in [4.78, 5) is 18.3. The average molecular weight is 385 g/mol. The molecule has 0 aliphatic carbocycles. The summed E-state index contributed by atoms with van der Waals surface area (Å²) in [5, 5.41) is 23.7. The molecule has 0 unspecified atom stereocenters. The number of rotatable bonds is 8. The van der Waals surface area contributed by atoms with Gasteiger partial charge in [0, 0.05) is 32.9 Å². The molecule has 150 valence electrons. The van der Waals surface area contributed by atoms with E-state index in [2.05, 4.69) is 10.3 Å². The van der Waals surface area contributed by atoms with Gasteiger partial charge in [0.2, 0.25) is 5.91 Å². The van der Waals surface area contributed by atoms with Gasteiger partial charge < -0.3 is 25.2 Å². The highest BCUT2D eigenvalue weighted by molar-refractivity contribution is 5.76. The maximum atomic E-state index is 12.5. The van der Waals surface area contributed by atoms with Crippen LogP contribution >= 0.6 is 0 Å². The van der Waals surface area contributed by atoms with E-state index in [1.165, 1.54) is 0 Å². The Hall–Kier alpha value is -2.32. The van der Waals surface area contributed by atoms with Crippen LogP contribution in [0.1, 0.15) is 17.7 Å². The highest BCUT2D eigenvalue weighted by Crippen LogP contribution is 2.24. The van der Waals surface area contributed by atoms with Crippen LogP contribution < -0.4 is 5.32 Å². The summed E-state index contributed by atoms with van der Waals surface area (Å²) in [6.45, 7) is 1.38. The van der Waals surface area contributed by atoms with Gasteiger partial charge in [-0.15, -0.1) is 0 Å². The molecule has 1 fully saturated rings. The predicted molar refractivity (Wildman–Crippen MR) is 104 cm³/mol. The summed E-state index contributed by atoms with van der Waals surface area (Å²) in [5.41, 5.74) is 1.91. The normalized spacial score (nSPS) is 24.2. The zero-order valence-corrected chi connectivity index (χ0v) is 15.9. The van der Waals surface area contributed by atoms with Crippen LogP contribution in [0.15, 0.2) is 54.7 Å². The van der Waals surface area contributed by atoms with Crippen LogP contribution in [0.5, 0.6) is 0 Å². The minimum absolute atomic E-state index is 0.0261. The summed E-state index contributed by atoms with van der Waals surface area (Å²) in [5.74, 6) is -0.137. The third-order valence-electron chi connectivity index (χ3n) is 4.90. The van der Waals surface area contributed by atoms with Crippen molar-refractivity contribution in [1.29, 1.82) is 0 Å². The summed E-state index contributed by atoms with van der Waals surface area (Å²) >= 11 is 0. The minimum Gasteiger partial charge on any atom is -0.388 e. The second-order valence-electron chi connectivity index (χ2n) is 7.09. The fourth-order valence-electron chi connectivity index (χ4n) is 3.28. The Bertz CT molecular complexity index is 744. The number of carbonyl (C=O) groups is 1. The van der Waals surface area contributed by atoms with E-state index in [0.29, 0.717) is 19.6 Å². The van der Waals surface area contributed by atoms with Crippen LogP contribution in [0.4, 0.5) is 0 Å². The molecule has 7 heteroatoms. The fourth-order valence-corrected chi connectivity index (χ4v) is 3.28. The van der Waals surface area contributed by atoms with Crippen molar-refractivity contribution in [3.05, 3.63) is 66.0 Å². The summed E-state index contributed by atoms with van der Waals surface area (Å²) in [6, 6.07) is 15.3. The van der Waals surface area contributed by atoms with Crippen molar-refractivity contribution in [3.8, 4) is 0 Å². The Balaban J connectivity index is 1.47. The molecule has 0 radical (unpaired) electrons. The molecular weight excluding hydrogens is 358 g/mol. The van der Waals surface area contributed by atoms with Gasteiger partial charge in [0.15, 0.2) is 0 Å². The number of nitrogens with zero attached hydrogens (tertiary/aromatic N) is 2. The molecule has 0 spiro atoms. The second-order valence-corrected chi connectivity index (χ2v) is 7.09. The lowest BCUT2D eigenvalue weighted by Gasteiger charge is -2.21. The van der Waals surface area contributed by atoms with Gasteiger partial charge in [-0.1, -0.05) is 36.4 Å².